The lowest BCUT2D eigenvalue weighted by Crippen LogP contribution is -2.42. The van der Waals surface area contributed by atoms with Crippen LogP contribution in [0.4, 0.5) is 5.69 Å². The van der Waals surface area contributed by atoms with Crippen molar-refractivity contribution in [3.8, 4) is 0 Å². The maximum Gasteiger partial charge on any atom is 0.243 e. The fourth-order valence-corrected chi connectivity index (χ4v) is 2.47. The molecule has 136 valence electrons. The Morgan fingerprint density at radius 1 is 1.40 bits per heavy atom. The minimum Gasteiger partial charge on any atom is -0.364 e. The van der Waals surface area contributed by atoms with E-state index in [1.165, 1.54) is 6.26 Å². The third kappa shape index (κ3) is 6.65. The van der Waals surface area contributed by atoms with E-state index >= 15 is 0 Å². The van der Waals surface area contributed by atoms with Crippen molar-refractivity contribution in [3.63, 3.8) is 0 Å². The fraction of sp³-hybridized carbons (Fsp3) is 0.312. The molecule has 25 heavy (non-hydrogen) atoms. The average Bonchev–Trinajstić information content (AvgIpc) is 3.04. The molecule has 1 aromatic carbocycles. The minimum absolute atomic E-state index is 0. The number of guanidine groups is 1. The van der Waals surface area contributed by atoms with E-state index in [-0.39, 0.29) is 36.4 Å². The Kier molecular flexibility index (Phi) is 8.90. The van der Waals surface area contributed by atoms with Gasteiger partial charge in [-0.2, -0.15) is 0 Å². The second kappa shape index (κ2) is 10.4. The van der Waals surface area contributed by atoms with Crippen LogP contribution in [0, 0.1) is 6.92 Å². The van der Waals surface area contributed by atoms with E-state index in [0.717, 1.165) is 21.4 Å². The topological polar surface area (TPSA) is 82.8 Å². The highest BCUT2D eigenvalue weighted by Gasteiger charge is 2.11. The molecule has 0 fully saturated rings. The molecule has 2 N–H and O–H groups in total. The summed E-state index contributed by atoms with van der Waals surface area (Å²) in [7, 11) is 3.53. The molecule has 0 saturated carbocycles. The molecule has 1 aromatic heterocycles. The quantitative estimate of drug-likeness (QED) is 0.359. The first kappa shape index (κ1) is 21.4. The summed E-state index contributed by atoms with van der Waals surface area (Å²) >= 11 is 3.40. The average molecular weight is 522 g/mol. The van der Waals surface area contributed by atoms with Crippen molar-refractivity contribution in [3.05, 3.63) is 46.3 Å². The second-order valence-corrected chi connectivity index (χ2v) is 6.17. The van der Waals surface area contributed by atoms with E-state index in [1.807, 2.05) is 37.1 Å². The maximum absolute atomic E-state index is 12.1. The molecular formula is C16H21BrIN5O2. The number of rotatable bonds is 5. The largest absolute Gasteiger partial charge is 0.364 e. The van der Waals surface area contributed by atoms with Crippen molar-refractivity contribution in [1.82, 2.24) is 15.4 Å². The second-order valence-electron chi connectivity index (χ2n) is 5.26. The summed E-state index contributed by atoms with van der Waals surface area (Å²) in [5, 5.41) is 9.77. The van der Waals surface area contributed by atoms with Crippen LogP contribution in [-0.4, -0.2) is 42.6 Å². The molecule has 0 aliphatic carbocycles. The van der Waals surface area contributed by atoms with Gasteiger partial charge in [-0.1, -0.05) is 27.2 Å². The third-order valence-electron chi connectivity index (χ3n) is 3.34. The summed E-state index contributed by atoms with van der Waals surface area (Å²) in [5.41, 5.74) is 2.57. The molecule has 2 aromatic rings. The molecule has 0 unspecified atom stereocenters. The van der Waals surface area contributed by atoms with E-state index in [2.05, 4.69) is 36.7 Å². The van der Waals surface area contributed by atoms with Gasteiger partial charge < -0.3 is 20.1 Å². The molecule has 0 spiro atoms. The van der Waals surface area contributed by atoms with Crippen LogP contribution in [0.5, 0.6) is 0 Å². The molecule has 0 aliphatic rings. The Balaban J connectivity index is 0.00000312. The third-order valence-corrected chi connectivity index (χ3v) is 3.84. The van der Waals surface area contributed by atoms with Crippen molar-refractivity contribution in [2.24, 2.45) is 4.99 Å². The van der Waals surface area contributed by atoms with E-state index in [1.54, 1.807) is 13.1 Å². The van der Waals surface area contributed by atoms with E-state index < -0.39 is 0 Å². The number of hydrogen-bond donors (Lipinski definition) is 2. The molecular weight excluding hydrogens is 501 g/mol. The van der Waals surface area contributed by atoms with Crippen LogP contribution in [0.15, 0.2) is 44.5 Å². The van der Waals surface area contributed by atoms with Crippen LogP contribution in [0.3, 0.4) is 0 Å². The van der Waals surface area contributed by atoms with Gasteiger partial charge in [-0.3, -0.25) is 9.79 Å². The molecule has 2 rings (SSSR count). The first-order valence-electron chi connectivity index (χ1n) is 7.36. The Hall–Kier alpha value is -1.62. The number of aliphatic imine (C=N–C) groups is 1. The predicted octanol–water partition coefficient (Wildman–Crippen LogP) is 3.01. The summed E-state index contributed by atoms with van der Waals surface area (Å²) in [6.07, 6.45) is 1.52. The maximum atomic E-state index is 12.1. The highest BCUT2D eigenvalue weighted by Crippen LogP contribution is 2.20. The summed E-state index contributed by atoms with van der Waals surface area (Å²) in [5.74, 6) is 0.450. The molecule has 1 amide bonds. The Labute approximate surface area is 172 Å². The predicted molar refractivity (Wildman–Crippen MR) is 112 cm³/mol. The van der Waals surface area contributed by atoms with Gasteiger partial charge in [0.2, 0.25) is 5.91 Å². The summed E-state index contributed by atoms with van der Waals surface area (Å²) in [6, 6.07) is 7.53. The number of hydrogen-bond acceptors (Lipinski definition) is 4. The van der Waals surface area contributed by atoms with Crippen molar-refractivity contribution >= 4 is 57.5 Å². The smallest absolute Gasteiger partial charge is 0.243 e. The number of benzene rings is 1. The van der Waals surface area contributed by atoms with Gasteiger partial charge in [-0.15, -0.1) is 24.0 Å². The monoisotopic (exact) mass is 521 g/mol. The molecule has 1 heterocycles. The molecule has 0 atom stereocenters. The number of halogens is 2. The number of carbonyl (C=O) groups is 1. The number of aromatic nitrogens is 1. The zero-order valence-electron chi connectivity index (χ0n) is 14.2. The Morgan fingerprint density at radius 2 is 2.16 bits per heavy atom. The van der Waals surface area contributed by atoms with Crippen molar-refractivity contribution in [1.29, 1.82) is 0 Å². The van der Waals surface area contributed by atoms with E-state index in [4.69, 9.17) is 4.52 Å². The first-order chi connectivity index (χ1) is 11.5. The zero-order chi connectivity index (χ0) is 17.5. The Bertz CT molecular complexity index is 721. The lowest BCUT2D eigenvalue weighted by Gasteiger charge is -2.20. The summed E-state index contributed by atoms with van der Waals surface area (Å²) in [4.78, 5) is 18.2. The van der Waals surface area contributed by atoms with Crippen LogP contribution in [-0.2, 0) is 11.3 Å². The molecule has 9 heteroatoms. The van der Waals surface area contributed by atoms with Crippen molar-refractivity contribution in [2.45, 2.75) is 13.5 Å². The molecule has 0 aliphatic heterocycles. The molecule has 0 bridgehead atoms. The van der Waals surface area contributed by atoms with Gasteiger partial charge in [0, 0.05) is 30.3 Å². The first-order valence-corrected chi connectivity index (χ1v) is 8.16. The Morgan fingerprint density at radius 3 is 2.80 bits per heavy atom. The van der Waals surface area contributed by atoms with Gasteiger partial charge in [-0.25, -0.2) is 0 Å². The van der Waals surface area contributed by atoms with Gasteiger partial charge in [0.05, 0.1) is 13.1 Å². The van der Waals surface area contributed by atoms with Gasteiger partial charge in [0.25, 0.3) is 0 Å². The number of aryl methyl sites for hydroxylation is 1. The van der Waals surface area contributed by atoms with Crippen LogP contribution in [0.25, 0.3) is 0 Å². The van der Waals surface area contributed by atoms with Gasteiger partial charge >= 0.3 is 0 Å². The molecule has 0 radical (unpaired) electrons. The minimum atomic E-state index is -0.146. The van der Waals surface area contributed by atoms with Crippen LogP contribution >= 0.6 is 39.9 Å². The number of anilines is 1. The number of nitrogens with one attached hydrogen (secondary N) is 2. The molecule has 7 nitrogen and oxygen atoms in total. The van der Waals surface area contributed by atoms with E-state index in [0.29, 0.717) is 12.5 Å². The van der Waals surface area contributed by atoms with Gasteiger partial charge in [0.15, 0.2) is 5.96 Å². The van der Waals surface area contributed by atoms with E-state index in [9.17, 15) is 4.79 Å². The normalized spacial score (nSPS) is 10.8. The number of amides is 1. The summed E-state index contributed by atoms with van der Waals surface area (Å²) in [6.45, 7) is 2.59. The zero-order valence-corrected chi connectivity index (χ0v) is 18.2. The van der Waals surface area contributed by atoms with Crippen LogP contribution in [0.1, 0.15) is 11.3 Å². The molecule has 0 saturated heterocycles. The number of carbonyl (C=O) groups excluding carboxylic acids is 1. The highest BCUT2D eigenvalue weighted by atomic mass is 127. The highest BCUT2D eigenvalue weighted by molar-refractivity contribution is 14.0. The van der Waals surface area contributed by atoms with Crippen LogP contribution < -0.4 is 10.6 Å². The lowest BCUT2D eigenvalue weighted by atomic mass is 10.2. The SMILES string of the molecule is CN=C(NCC(=O)Nc1cc(Br)ccc1C)N(C)Cc1ccon1.I. The van der Waals surface area contributed by atoms with Gasteiger partial charge in [-0.05, 0) is 24.6 Å². The van der Waals surface area contributed by atoms with Crippen molar-refractivity contribution in [2.75, 3.05) is 26.0 Å². The lowest BCUT2D eigenvalue weighted by molar-refractivity contribution is -0.115. The van der Waals surface area contributed by atoms with Crippen molar-refractivity contribution < 1.29 is 9.32 Å². The number of nitrogens with zero attached hydrogens (tertiary/aromatic N) is 3. The fourth-order valence-electron chi connectivity index (χ4n) is 2.10. The van der Waals surface area contributed by atoms with Gasteiger partial charge in [0.1, 0.15) is 12.0 Å². The van der Waals surface area contributed by atoms with Crippen LogP contribution in [0.2, 0.25) is 0 Å². The standard InChI is InChI=1S/C16H20BrN5O2.HI/c1-11-4-5-12(17)8-14(11)20-15(23)9-19-16(18-2)22(3)10-13-6-7-24-21-13;/h4-8H,9-10H2,1-3H3,(H,18,19)(H,20,23);1H. The summed E-state index contributed by atoms with van der Waals surface area (Å²) < 4.78 is 5.73.